The minimum atomic E-state index is -0.304. The van der Waals surface area contributed by atoms with Crippen LogP contribution in [0.2, 0.25) is 0 Å². The lowest BCUT2D eigenvalue weighted by Gasteiger charge is -2.11. The van der Waals surface area contributed by atoms with E-state index in [0.717, 1.165) is 12.8 Å². The second-order valence-corrected chi connectivity index (χ2v) is 8.30. The first kappa shape index (κ1) is 26.0. The molecule has 0 aliphatic rings. The number of benzene rings is 2. The molecule has 8 heteroatoms. The minimum Gasteiger partial charge on any atom is -0.466 e. The van der Waals surface area contributed by atoms with E-state index in [1.54, 1.807) is 24.3 Å². The molecule has 0 aromatic heterocycles. The number of esters is 1. The Morgan fingerprint density at radius 3 is 2.15 bits per heavy atom. The van der Waals surface area contributed by atoms with E-state index < -0.39 is 0 Å². The van der Waals surface area contributed by atoms with Crippen molar-refractivity contribution in [3.8, 4) is 0 Å². The molecule has 2 aromatic rings. The maximum Gasteiger partial charge on any atom is 0.305 e. The summed E-state index contributed by atoms with van der Waals surface area (Å²) in [6.45, 7) is 4.01. The van der Waals surface area contributed by atoms with Crippen LogP contribution >= 0.6 is 12.2 Å². The van der Waals surface area contributed by atoms with Crippen molar-refractivity contribution in [1.82, 2.24) is 5.32 Å². The number of ether oxygens (including phenoxy) is 1. The third kappa shape index (κ3) is 10.7. The van der Waals surface area contributed by atoms with Crippen LogP contribution in [-0.4, -0.2) is 29.5 Å². The van der Waals surface area contributed by atoms with Gasteiger partial charge in [-0.25, -0.2) is 0 Å². The molecule has 0 fully saturated rings. The van der Waals surface area contributed by atoms with E-state index in [-0.39, 0.29) is 41.7 Å². The smallest absolute Gasteiger partial charge is 0.305 e. The Labute approximate surface area is 200 Å². The molecule has 0 spiro atoms. The van der Waals surface area contributed by atoms with Gasteiger partial charge >= 0.3 is 5.97 Å². The molecule has 0 heterocycles. The largest absolute Gasteiger partial charge is 0.466 e. The second-order valence-electron chi connectivity index (χ2n) is 7.89. The number of hydrogen-bond acceptors (Lipinski definition) is 5. The summed E-state index contributed by atoms with van der Waals surface area (Å²) >= 11 is 5.16. The van der Waals surface area contributed by atoms with Crippen LogP contribution in [0.3, 0.4) is 0 Å². The number of aryl methyl sites for hydroxylation is 1. The normalized spacial score (nSPS) is 10.4. The van der Waals surface area contributed by atoms with Crippen LogP contribution < -0.4 is 16.0 Å². The zero-order valence-electron chi connectivity index (χ0n) is 19.1. The van der Waals surface area contributed by atoms with E-state index in [2.05, 4.69) is 16.0 Å². The van der Waals surface area contributed by atoms with Gasteiger partial charge in [-0.1, -0.05) is 44.2 Å². The van der Waals surface area contributed by atoms with Gasteiger partial charge < -0.3 is 20.7 Å². The number of nitrogens with one attached hydrogen (secondary N) is 3. The molecule has 0 atom stereocenters. The lowest BCUT2D eigenvalue weighted by Crippen LogP contribution is -2.34. The molecule has 0 saturated heterocycles. The summed E-state index contributed by atoms with van der Waals surface area (Å²) in [5, 5.41) is 8.48. The van der Waals surface area contributed by atoms with Gasteiger partial charge in [0.25, 0.3) is 0 Å². The highest BCUT2D eigenvalue weighted by Crippen LogP contribution is 2.14. The van der Waals surface area contributed by atoms with Gasteiger partial charge in [0.1, 0.15) is 0 Å². The predicted molar refractivity (Wildman–Crippen MR) is 134 cm³/mol. The van der Waals surface area contributed by atoms with Crippen LogP contribution in [0.1, 0.15) is 45.1 Å². The number of hydrogen-bond donors (Lipinski definition) is 3. The van der Waals surface area contributed by atoms with Gasteiger partial charge in [0.15, 0.2) is 5.11 Å². The molecule has 7 nitrogen and oxygen atoms in total. The molecular weight excluding hydrogens is 438 g/mol. The fourth-order valence-corrected chi connectivity index (χ4v) is 3.08. The van der Waals surface area contributed by atoms with E-state index in [4.69, 9.17) is 17.0 Å². The molecular formula is C25H31N3O4S. The topological polar surface area (TPSA) is 96.5 Å². The Bertz CT molecular complexity index is 930. The average Bonchev–Trinajstić information content (AvgIpc) is 2.78. The fraction of sp³-hybridized carbons (Fsp3) is 0.360. The third-order valence-electron chi connectivity index (χ3n) is 4.69. The zero-order valence-corrected chi connectivity index (χ0v) is 19.9. The number of carbonyl (C=O) groups is 3. The average molecular weight is 470 g/mol. The van der Waals surface area contributed by atoms with Gasteiger partial charge in [0, 0.05) is 30.1 Å². The Balaban J connectivity index is 1.58. The Hall–Kier alpha value is -3.26. The van der Waals surface area contributed by atoms with Crippen LogP contribution in [0.25, 0.3) is 0 Å². The molecule has 3 N–H and O–H groups in total. The van der Waals surface area contributed by atoms with E-state index in [1.807, 2.05) is 44.2 Å². The van der Waals surface area contributed by atoms with Crippen molar-refractivity contribution < 1.29 is 19.1 Å². The first-order valence-corrected chi connectivity index (χ1v) is 11.5. The Kier molecular flexibility index (Phi) is 11.0. The van der Waals surface area contributed by atoms with Gasteiger partial charge in [0.05, 0.1) is 6.61 Å². The zero-order chi connectivity index (χ0) is 24.1. The van der Waals surface area contributed by atoms with Crippen molar-refractivity contribution >= 4 is 46.5 Å². The van der Waals surface area contributed by atoms with Crippen LogP contribution in [0, 0.1) is 5.92 Å². The van der Waals surface area contributed by atoms with Gasteiger partial charge in [-0.15, -0.1) is 0 Å². The fourth-order valence-electron chi connectivity index (χ4n) is 2.85. The van der Waals surface area contributed by atoms with Gasteiger partial charge in [-0.05, 0) is 61.3 Å². The van der Waals surface area contributed by atoms with Crippen molar-refractivity contribution in [2.24, 2.45) is 5.92 Å². The van der Waals surface area contributed by atoms with Crippen LogP contribution in [0.4, 0.5) is 11.4 Å². The molecule has 0 unspecified atom stereocenters. The molecule has 2 rings (SSSR count). The minimum absolute atomic E-state index is 0.0606. The summed E-state index contributed by atoms with van der Waals surface area (Å²) in [6.07, 6.45) is 2.36. The molecule has 0 radical (unpaired) electrons. The lowest BCUT2D eigenvalue weighted by atomic mass is 10.1. The van der Waals surface area contributed by atoms with Crippen molar-refractivity contribution in [1.29, 1.82) is 0 Å². The van der Waals surface area contributed by atoms with Crippen LogP contribution in [-0.2, 0) is 25.5 Å². The Morgan fingerprint density at radius 2 is 1.52 bits per heavy atom. The predicted octanol–water partition coefficient (Wildman–Crippen LogP) is 4.44. The van der Waals surface area contributed by atoms with Crippen LogP contribution in [0.15, 0.2) is 54.6 Å². The standard InChI is InChI=1S/C25H31N3O4S/c1-18(2)24(31)26-20-13-15-21(16-14-20)27-25(33)28-22(29)11-6-12-23(30)32-17-7-10-19-8-4-3-5-9-19/h3-5,8-9,13-16,18H,6-7,10-12,17H2,1-2H3,(H,26,31)(H2,27,28,29,33). The lowest BCUT2D eigenvalue weighted by molar-refractivity contribution is -0.143. The van der Waals surface area contributed by atoms with Crippen molar-refractivity contribution in [3.63, 3.8) is 0 Å². The molecule has 0 aliphatic carbocycles. The van der Waals surface area contributed by atoms with Gasteiger partial charge in [0.2, 0.25) is 11.8 Å². The SMILES string of the molecule is CC(C)C(=O)Nc1ccc(NC(=S)NC(=O)CCCC(=O)OCCCc2ccccc2)cc1. The quantitative estimate of drug-likeness (QED) is 0.256. The molecule has 0 bridgehead atoms. The number of anilines is 2. The van der Waals surface area contributed by atoms with Crippen molar-refractivity contribution in [3.05, 3.63) is 60.2 Å². The number of thiocarbonyl (C=S) groups is 1. The van der Waals surface area contributed by atoms with Gasteiger partial charge in [-0.2, -0.15) is 0 Å². The van der Waals surface area contributed by atoms with E-state index in [1.165, 1.54) is 5.56 Å². The highest BCUT2D eigenvalue weighted by molar-refractivity contribution is 7.80. The molecule has 2 aromatic carbocycles. The third-order valence-corrected chi connectivity index (χ3v) is 4.89. The second kappa shape index (κ2) is 14.0. The maximum absolute atomic E-state index is 12.0. The maximum atomic E-state index is 12.0. The highest BCUT2D eigenvalue weighted by atomic mass is 32.1. The molecule has 0 aliphatic heterocycles. The first-order valence-electron chi connectivity index (χ1n) is 11.0. The summed E-state index contributed by atoms with van der Waals surface area (Å²) in [6, 6.07) is 17.0. The summed E-state index contributed by atoms with van der Waals surface area (Å²) < 4.78 is 5.22. The molecule has 176 valence electrons. The van der Waals surface area contributed by atoms with Crippen molar-refractivity contribution in [2.45, 2.75) is 46.0 Å². The first-order chi connectivity index (χ1) is 15.8. The van der Waals surface area contributed by atoms with Gasteiger partial charge in [-0.3, -0.25) is 14.4 Å². The monoisotopic (exact) mass is 469 g/mol. The molecule has 2 amide bonds. The highest BCUT2D eigenvalue weighted by Gasteiger charge is 2.09. The van der Waals surface area contributed by atoms with Crippen LogP contribution in [0.5, 0.6) is 0 Å². The summed E-state index contributed by atoms with van der Waals surface area (Å²) in [5.74, 6) is -0.743. The molecule has 0 saturated carbocycles. The Morgan fingerprint density at radius 1 is 0.879 bits per heavy atom. The number of carbonyl (C=O) groups excluding carboxylic acids is 3. The number of rotatable bonds is 11. The van der Waals surface area contributed by atoms with E-state index >= 15 is 0 Å². The summed E-state index contributed by atoms with van der Waals surface area (Å²) in [7, 11) is 0. The van der Waals surface area contributed by atoms with E-state index in [9.17, 15) is 14.4 Å². The van der Waals surface area contributed by atoms with E-state index in [0.29, 0.717) is 24.4 Å². The number of amides is 2. The summed E-state index contributed by atoms with van der Waals surface area (Å²) in [5.41, 5.74) is 2.58. The summed E-state index contributed by atoms with van der Waals surface area (Å²) in [4.78, 5) is 35.6. The molecule has 33 heavy (non-hydrogen) atoms. The van der Waals surface area contributed by atoms with Crippen molar-refractivity contribution in [2.75, 3.05) is 17.2 Å².